The van der Waals surface area contributed by atoms with E-state index in [4.69, 9.17) is 0 Å². The molecule has 2 rings (SSSR count). The number of aromatic nitrogens is 2. The quantitative estimate of drug-likeness (QED) is 0.586. The minimum absolute atomic E-state index is 0.328. The molecule has 4 nitrogen and oxygen atoms in total. The van der Waals surface area contributed by atoms with Crippen LogP contribution in [0.4, 0.5) is 0 Å². The highest BCUT2D eigenvalue weighted by atomic mass is 32.1. The third kappa shape index (κ3) is 2.64. The smallest absolute Gasteiger partial charge is 0.293 e. The van der Waals surface area contributed by atoms with Gasteiger partial charge < -0.3 is 4.74 Å². The molecule has 0 atom stereocenters. The molecule has 0 amide bonds. The van der Waals surface area contributed by atoms with Gasteiger partial charge in [-0.05, 0) is 11.5 Å². The molecule has 0 aliphatic carbocycles. The van der Waals surface area contributed by atoms with Crippen LogP contribution < -0.4 is 0 Å². The van der Waals surface area contributed by atoms with Crippen LogP contribution in [0.2, 0.25) is 0 Å². The van der Waals surface area contributed by atoms with Crippen molar-refractivity contribution in [2.24, 2.45) is 0 Å². The molecule has 82 valence electrons. The molecule has 2 aromatic rings. The standard InChI is InChI=1S/C11H10N2O2S/c14-8-15-7-6-10-12-11(16-13-10)9-4-2-1-3-5-9/h1-5,8H,6-7H2. The lowest BCUT2D eigenvalue weighted by Gasteiger charge is -1.94. The molecule has 5 heteroatoms. The van der Waals surface area contributed by atoms with Gasteiger partial charge in [-0.2, -0.15) is 4.37 Å². The Bertz CT molecular complexity index is 456. The summed E-state index contributed by atoms with van der Waals surface area (Å²) in [5.74, 6) is 0.714. The summed E-state index contributed by atoms with van der Waals surface area (Å²) in [6.45, 7) is 0.763. The minimum Gasteiger partial charge on any atom is -0.467 e. The van der Waals surface area contributed by atoms with Crippen LogP contribution in [0.15, 0.2) is 30.3 Å². The van der Waals surface area contributed by atoms with E-state index >= 15 is 0 Å². The van der Waals surface area contributed by atoms with Gasteiger partial charge in [0.25, 0.3) is 6.47 Å². The van der Waals surface area contributed by atoms with Crippen LogP contribution in [-0.4, -0.2) is 22.4 Å². The second-order valence-electron chi connectivity index (χ2n) is 3.10. The average molecular weight is 234 g/mol. The van der Waals surface area contributed by atoms with Crippen molar-refractivity contribution in [1.29, 1.82) is 0 Å². The van der Waals surface area contributed by atoms with Crippen LogP contribution >= 0.6 is 11.5 Å². The normalized spacial score (nSPS) is 10.0. The van der Waals surface area contributed by atoms with Gasteiger partial charge in [-0.3, -0.25) is 4.79 Å². The molecule has 0 spiro atoms. The van der Waals surface area contributed by atoms with Gasteiger partial charge in [-0.15, -0.1) is 0 Å². The van der Waals surface area contributed by atoms with Crippen LogP contribution in [-0.2, 0) is 16.0 Å². The van der Waals surface area contributed by atoms with Crippen molar-refractivity contribution in [2.45, 2.75) is 6.42 Å². The molecule has 0 N–H and O–H groups in total. The average Bonchev–Trinajstić information content (AvgIpc) is 2.79. The molecule has 0 radical (unpaired) electrons. The molecule has 16 heavy (non-hydrogen) atoms. The Hall–Kier alpha value is -1.75. The van der Waals surface area contributed by atoms with Crippen molar-refractivity contribution in [1.82, 2.24) is 9.36 Å². The molecule has 1 aromatic heterocycles. The SMILES string of the molecule is O=COCCc1nsc(-c2ccccc2)n1. The maximum Gasteiger partial charge on any atom is 0.293 e. The number of carbonyl (C=O) groups is 1. The maximum atomic E-state index is 9.96. The summed E-state index contributed by atoms with van der Waals surface area (Å²) in [5.41, 5.74) is 1.06. The Kier molecular flexibility index (Phi) is 3.61. The fourth-order valence-electron chi connectivity index (χ4n) is 1.25. The number of ether oxygens (including phenoxy) is 1. The van der Waals surface area contributed by atoms with Crippen molar-refractivity contribution in [2.75, 3.05) is 6.61 Å². The topological polar surface area (TPSA) is 52.1 Å². The molecule has 0 unspecified atom stereocenters. The van der Waals surface area contributed by atoms with Crippen molar-refractivity contribution < 1.29 is 9.53 Å². The first-order valence-corrected chi connectivity index (χ1v) is 5.61. The predicted molar refractivity (Wildman–Crippen MR) is 61.1 cm³/mol. The van der Waals surface area contributed by atoms with E-state index < -0.39 is 0 Å². The van der Waals surface area contributed by atoms with E-state index in [1.165, 1.54) is 11.5 Å². The first-order valence-electron chi connectivity index (χ1n) is 4.83. The largest absolute Gasteiger partial charge is 0.467 e. The van der Waals surface area contributed by atoms with E-state index in [0.717, 1.165) is 10.6 Å². The lowest BCUT2D eigenvalue weighted by molar-refractivity contribution is -0.128. The zero-order chi connectivity index (χ0) is 11.2. The summed E-state index contributed by atoms with van der Waals surface area (Å²) >= 11 is 1.36. The summed E-state index contributed by atoms with van der Waals surface area (Å²) in [6.07, 6.45) is 0.558. The molecule has 0 fully saturated rings. The summed E-state index contributed by atoms with van der Waals surface area (Å²) < 4.78 is 8.80. The number of hydrogen-bond acceptors (Lipinski definition) is 5. The molecule has 0 aliphatic heterocycles. The second-order valence-corrected chi connectivity index (χ2v) is 3.85. The number of carbonyl (C=O) groups excluding carboxylic acids is 1. The molecular formula is C11H10N2O2S. The van der Waals surface area contributed by atoms with Crippen LogP contribution in [0.3, 0.4) is 0 Å². The molecule has 0 aliphatic rings. The van der Waals surface area contributed by atoms with Crippen LogP contribution in [0, 0.1) is 0 Å². The predicted octanol–water partition coefficient (Wildman–Crippen LogP) is 1.92. The van der Waals surface area contributed by atoms with E-state index in [2.05, 4.69) is 14.1 Å². The molecule has 0 bridgehead atoms. The van der Waals surface area contributed by atoms with Gasteiger partial charge >= 0.3 is 0 Å². The summed E-state index contributed by atoms with van der Waals surface area (Å²) in [4.78, 5) is 14.3. The minimum atomic E-state index is 0.328. The Morgan fingerprint density at radius 1 is 1.31 bits per heavy atom. The number of benzene rings is 1. The van der Waals surface area contributed by atoms with Crippen molar-refractivity contribution in [3.8, 4) is 10.6 Å². The summed E-state index contributed by atoms with van der Waals surface area (Å²) in [7, 11) is 0. The van der Waals surface area contributed by atoms with E-state index in [1.807, 2.05) is 30.3 Å². The van der Waals surface area contributed by atoms with E-state index in [9.17, 15) is 4.79 Å². The summed E-state index contributed by atoms with van der Waals surface area (Å²) in [6, 6.07) is 9.87. The van der Waals surface area contributed by atoms with Crippen LogP contribution in [0.1, 0.15) is 5.82 Å². The van der Waals surface area contributed by atoms with Gasteiger partial charge in [0.2, 0.25) is 0 Å². The second kappa shape index (κ2) is 5.37. The van der Waals surface area contributed by atoms with Gasteiger partial charge in [0.15, 0.2) is 0 Å². The third-order valence-corrected chi connectivity index (χ3v) is 2.80. The maximum absolute atomic E-state index is 9.96. The molecule has 1 heterocycles. The number of rotatable bonds is 5. The monoisotopic (exact) mass is 234 g/mol. The highest BCUT2D eigenvalue weighted by Gasteiger charge is 2.05. The van der Waals surface area contributed by atoms with E-state index in [-0.39, 0.29) is 0 Å². The lowest BCUT2D eigenvalue weighted by atomic mass is 10.2. The van der Waals surface area contributed by atoms with E-state index in [1.54, 1.807) is 0 Å². The van der Waals surface area contributed by atoms with Crippen LogP contribution in [0.25, 0.3) is 10.6 Å². The lowest BCUT2D eigenvalue weighted by Crippen LogP contribution is -1.98. The number of nitrogens with zero attached hydrogens (tertiary/aromatic N) is 2. The molecular weight excluding hydrogens is 224 g/mol. The molecule has 0 saturated carbocycles. The van der Waals surface area contributed by atoms with E-state index in [0.29, 0.717) is 25.3 Å². The first kappa shape index (κ1) is 10.8. The van der Waals surface area contributed by atoms with Crippen molar-refractivity contribution >= 4 is 18.0 Å². The summed E-state index contributed by atoms with van der Waals surface area (Å²) in [5, 5.41) is 0.890. The Labute approximate surface area is 97.1 Å². The Morgan fingerprint density at radius 2 is 2.12 bits per heavy atom. The van der Waals surface area contributed by atoms with Crippen LogP contribution in [0.5, 0.6) is 0 Å². The van der Waals surface area contributed by atoms with Gasteiger partial charge in [0.1, 0.15) is 10.8 Å². The first-order chi connectivity index (χ1) is 7.90. The van der Waals surface area contributed by atoms with Crippen molar-refractivity contribution in [3.63, 3.8) is 0 Å². The Balaban J connectivity index is 2.05. The highest BCUT2D eigenvalue weighted by Crippen LogP contribution is 2.20. The van der Waals surface area contributed by atoms with Gasteiger partial charge in [0, 0.05) is 12.0 Å². The van der Waals surface area contributed by atoms with Gasteiger partial charge in [-0.1, -0.05) is 30.3 Å². The zero-order valence-corrected chi connectivity index (χ0v) is 9.31. The fraction of sp³-hybridized carbons (Fsp3) is 0.182. The Morgan fingerprint density at radius 3 is 2.88 bits per heavy atom. The highest BCUT2D eigenvalue weighted by molar-refractivity contribution is 7.09. The fourth-order valence-corrected chi connectivity index (χ4v) is 1.96. The molecule has 1 aromatic carbocycles. The molecule has 0 saturated heterocycles. The number of hydrogen-bond donors (Lipinski definition) is 0. The third-order valence-electron chi connectivity index (χ3n) is 2.00. The van der Waals surface area contributed by atoms with Crippen molar-refractivity contribution in [3.05, 3.63) is 36.2 Å². The van der Waals surface area contributed by atoms with Gasteiger partial charge in [0.05, 0.1) is 6.61 Å². The van der Waals surface area contributed by atoms with Gasteiger partial charge in [-0.25, -0.2) is 4.98 Å². The zero-order valence-electron chi connectivity index (χ0n) is 8.50.